The van der Waals surface area contributed by atoms with E-state index in [1.54, 1.807) is 0 Å². The standard InChI is InChI=1S/C14H19ClN2O4/c1-14(2,3)7-9(13(18)19)8-16-12-5-4-10(17(20)21)6-11(12)15/h4-6,9,16H,7-8H2,1-3H3,(H,18,19). The number of carboxylic acids is 1. The first-order chi connectivity index (χ1) is 9.60. The molecule has 1 unspecified atom stereocenters. The van der Waals surface area contributed by atoms with Gasteiger partial charge in [0.15, 0.2) is 0 Å². The van der Waals surface area contributed by atoms with E-state index < -0.39 is 16.8 Å². The van der Waals surface area contributed by atoms with E-state index in [4.69, 9.17) is 11.6 Å². The second-order valence-corrected chi connectivity index (χ2v) is 6.51. The molecule has 2 N–H and O–H groups in total. The lowest BCUT2D eigenvalue weighted by atomic mass is 9.84. The average Bonchev–Trinajstić information content (AvgIpc) is 2.33. The predicted octanol–water partition coefficient (Wildman–Crippen LogP) is 3.80. The van der Waals surface area contributed by atoms with E-state index in [2.05, 4.69) is 5.32 Å². The summed E-state index contributed by atoms with van der Waals surface area (Å²) >= 11 is 5.96. The van der Waals surface area contributed by atoms with E-state index in [1.807, 2.05) is 20.8 Å². The SMILES string of the molecule is CC(C)(C)CC(CNc1ccc([N+](=O)[O-])cc1Cl)C(=O)O. The molecule has 0 aliphatic heterocycles. The molecule has 21 heavy (non-hydrogen) atoms. The predicted molar refractivity (Wildman–Crippen MR) is 81.8 cm³/mol. The highest BCUT2D eigenvalue weighted by Crippen LogP contribution is 2.28. The maximum absolute atomic E-state index is 11.3. The Bertz CT molecular complexity index is 540. The smallest absolute Gasteiger partial charge is 0.308 e. The molecule has 0 aromatic heterocycles. The second-order valence-electron chi connectivity index (χ2n) is 6.10. The summed E-state index contributed by atoms with van der Waals surface area (Å²) in [6.07, 6.45) is 0.514. The monoisotopic (exact) mass is 314 g/mol. The van der Waals surface area contributed by atoms with E-state index in [0.717, 1.165) is 0 Å². The highest BCUT2D eigenvalue weighted by molar-refractivity contribution is 6.33. The number of benzene rings is 1. The number of rotatable bonds is 6. The van der Waals surface area contributed by atoms with Crippen molar-refractivity contribution in [1.29, 1.82) is 0 Å². The van der Waals surface area contributed by atoms with Crippen molar-refractivity contribution in [1.82, 2.24) is 0 Å². The Morgan fingerprint density at radius 2 is 2.10 bits per heavy atom. The fourth-order valence-electron chi connectivity index (χ4n) is 1.98. The van der Waals surface area contributed by atoms with Crippen LogP contribution in [0.25, 0.3) is 0 Å². The zero-order valence-electron chi connectivity index (χ0n) is 12.2. The maximum atomic E-state index is 11.3. The summed E-state index contributed by atoms with van der Waals surface area (Å²) in [6, 6.07) is 4.05. The number of carbonyl (C=O) groups is 1. The van der Waals surface area contributed by atoms with Gasteiger partial charge in [-0.25, -0.2) is 0 Å². The quantitative estimate of drug-likeness (QED) is 0.615. The van der Waals surface area contributed by atoms with Gasteiger partial charge < -0.3 is 10.4 Å². The van der Waals surface area contributed by atoms with Crippen LogP contribution in [0.3, 0.4) is 0 Å². The molecule has 0 radical (unpaired) electrons. The molecule has 7 heteroatoms. The van der Waals surface area contributed by atoms with Gasteiger partial charge in [-0.15, -0.1) is 0 Å². The Morgan fingerprint density at radius 3 is 2.52 bits per heavy atom. The van der Waals surface area contributed by atoms with Crippen LogP contribution in [0.5, 0.6) is 0 Å². The Hall–Kier alpha value is -1.82. The van der Waals surface area contributed by atoms with Crippen molar-refractivity contribution in [2.24, 2.45) is 11.3 Å². The van der Waals surface area contributed by atoms with Crippen molar-refractivity contribution in [2.45, 2.75) is 27.2 Å². The van der Waals surface area contributed by atoms with Crippen molar-refractivity contribution in [3.05, 3.63) is 33.3 Å². The van der Waals surface area contributed by atoms with Crippen LogP contribution >= 0.6 is 11.6 Å². The first kappa shape index (κ1) is 17.2. The fourth-order valence-corrected chi connectivity index (χ4v) is 2.22. The van der Waals surface area contributed by atoms with Crippen LogP contribution in [-0.4, -0.2) is 22.5 Å². The van der Waals surface area contributed by atoms with E-state index >= 15 is 0 Å². The number of nitro benzene ring substituents is 1. The van der Waals surface area contributed by atoms with Crippen LogP contribution in [0.1, 0.15) is 27.2 Å². The van der Waals surface area contributed by atoms with Gasteiger partial charge in [0.1, 0.15) is 0 Å². The number of hydrogen-bond acceptors (Lipinski definition) is 4. The zero-order valence-corrected chi connectivity index (χ0v) is 13.0. The van der Waals surface area contributed by atoms with Crippen molar-refractivity contribution >= 4 is 28.9 Å². The van der Waals surface area contributed by atoms with Crippen molar-refractivity contribution in [3.8, 4) is 0 Å². The summed E-state index contributed by atoms with van der Waals surface area (Å²) in [4.78, 5) is 21.4. The molecule has 0 amide bonds. The second kappa shape index (κ2) is 6.76. The van der Waals surface area contributed by atoms with Gasteiger partial charge in [-0.1, -0.05) is 32.4 Å². The summed E-state index contributed by atoms with van der Waals surface area (Å²) in [6.45, 7) is 6.13. The third-order valence-corrected chi connectivity index (χ3v) is 3.22. The molecule has 1 rings (SSSR count). The highest BCUT2D eigenvalue weighted by atomic mass is 35.5. The van der Waals surface area contributed by atoms with Crippen LogP contribution in [0.15, 0.2) is 18.2 Å². The number of halogens is 1. The van der Waals surface area contributed by atoms with E-state index in [0.29, 0.717) is 12.1 Å². The minimum Gasteiger partial charge on any atom is -0.481 e. The molecule has 0 aliphatic rings. The maximum Gasteiger partial charge on any atom is 0.308 e. The molecule has 1 aromatic rings. The first-order valence-corrected chi connectivity index (χ1v) is 6.88. The van der Waals surface area contributed by atoms with E-state index in [1.165, 1.54) is 18.2 Å². The molecular formula is C14H19ClN2O4. The minimum absolute atomic E-state index is 0.102. The summed E-state index contributed by atoms with van der Waals surface area (Å²) in [5.41, 5.74) is 0.279. The van der Waals surface area contributed by atoms with Gasteiger partial charge in [-0.05, 0) is 17.9 Å². The zero-order chi connectivity index (χ0) is 16.2. The highest BCUT2D eigenvalue weighted by Gasteiger charge is 2.24. The molecular weight excluding hydrogens is 296 g/mol. The molecule has 0 saturated heterocycles. The van der Waals surface area contributed by atoms with Crippen LogP contribution in [0.4, 0.5) is 11.4 Å². The largest absolute Gasteiger partial charge is 0.481 e. The van der Waals surface area contributed by atoms with E-state index in [9.17, 15) is 20.0 Å². The number of hydrogen-bond donors (Lipinski definition) is 2. The average molecular weight is 315 g/mol. The molecule has 0 aliphatic carbocycles. The number of nitrogens with one attached hydrogen (secondary N) is 1. The number of carboxylic acid groups (broad SMARTS) is 1. The molecule has 0 spiro atoms. The van der Waals surface area contributed by atoms with E-state index in [-0.39, 0.29) is 22.7 Å². The van der Waals surface area contributed by atoms with Crippen LogP contribution in [-0.2, 0) is 4.79 Å². The van der Waals surface area contributed by atoms with Crippen LogP contribution in [0.2, 0.25) is 5.02 Å². The lowest BCUT2D eigenvalue weighted by molar-refractivity contribution is -0.384. The van der Waals surface area contributed by atoms with Gasteiger partial charge in [0, 0.05) is 18.7 Å². The summed E-state index contributed by atoms with van der Waals surface area (Å²) in [5.74, 6) is -1.44. The minimum atomic E-state index is -0.879. The fraction of sp³-hybridized carbons (Fsp3) is 0.500. The summed E-state index contributed by atoms with van der Waals surface area (Å²) in [7, 11) is 0. The Balaban J connectivity index is 2.77. The third-order valence-electron chi connectivity index (χ3n) is 2.91. The van der Waals surface area contributed by atoms with Crippen molar-refractivity contribution in [2.75, 3.05) is 11.9 Å². The van der Waals surface area contributed by atoms with Gasteiger partial charge in [0.25, 0.3) is 5.69 Å². The number of non-ortho nitro benzene ring substituents is 1. The van der Waals surface area contributed by atoms with Crippen molar-refractivity contribution in [3.63, 3.8) is 0 Å². The van der Waals surface area contributed by atoms with Gasteiger partial charge >= 0.3 is 5.97 Å². The molecule has 0 bridgehead atoms. The Morgan fingerprint density at radius 1 is 1.48 bits per heavy atom. The molecule has 1 atom stereocenters. The number of anilines is 1. The van der Waals surface area contributed by atoms with Gasteiger partial charge in [0.2, 0.25) is 0 Å². The van der Waals surface area contributed by atoms with Crippen LogP contribution < -0.4 is 5.32 Å². The van der Waals surface area contributed by atoms with Crippen LogP contribution in [0, 0.1) is 21.4 Å². The Labute approximate surface area is 128 Å². The number of aliphatic carboxylic acids is 1. The Kier molecular flexibility index (Phi) is 5.54. The molecule has 6 nitrogen and oxygen atoms in total. The van der Waals surface area contributed by atoms with Gasteiger partial charge in [-0.2, -0.15) is 0 Å². The number of nitro groups is 1. The molecule has 0 heterocycles. The summed E-state index contributed by atoms with van der Waals surface area (Å²) < 4.78 is 0. The first-order valence-electron chi connectivity index (χ1n) is 6.51. The molecule has 1 aromatic carbocycles. The lowest BCUT2D eigenvalue weighted by Gasteiger charge is -2.23. The molecule has 0 saturated carbocycles. The van der Waals surface area contributed by atoms with Gasteiger partial charge in [0.05, 0.1) is 21.6 Å². The normalized spacial score (nSPS) is 12.8. The van der Waals surface area contributed by atoms with Crippen molar-refractivity contribution < 1.29 is 14.8 Å². The number of nitrogens with zero attached hydrogens (tertiary/aromatic N) is 1. The molecule has 0 fully saturated rings. The third kappa shape index (κ3) is 5.59. The molecule has 116 valence electrons. The van der Waals surface area contributed by atoms with Gasteiger partial charge in [-0.3, -0.25) is 14.9 Å². The summed E-state index contributed by atoms with van der Waals surface area (Å²) in [5, 5.41) is 23.0. The topological polar surface area (TPSA) is 92.5 Å². The lowest BCUT2D eigenvalue weighted by Crippen LogP contribution is -2.27.